The monoisotopic (exact) mass is 417 g/mol. The predicted molar refractivity (Wildman–Crippen MR) is 102 cm³/mol. The van der Waals surface area contributed by atoms with Crippen LogP contribution < -0.4 is 5.32 Å². The molecule has 0 fully saturated rings. The van der Waals surface area contributed by atoms with Crippen molar-refractivity contribution in [2.45, 2.75) is 32.7 Å². The first kappa shape index (κ1) is 18.3. The molecule has 3 aromatic rings. The molecule has 26 heavy (non-hydrogen) atoms. The van der Waals surface area contributed by atoms with Gasteiger partial charge in [0.25, 0.3) is 5.91 Å². The zero-order valence-electron chi connectivity index (χ0n) is 14.8. The second-order valence-electron chi connectivity index (χ2n) is 7.06. The van der Waals surface area contributed by atoms with Crippen LogP contribution in [0, 0.1) is 0 Å². The summed E-state index contributed by atoms with van der Waals surface area (Å²) in [6, 6.07) is 8.54. The number of halogens is 1. The second kappa shape index (κ2) is 6.99. The van der Waals surface area contributed by atoms with Crippen LogP contribution in [0.2, 0.25) is 0 Å². The lowest BCUT2D eigenvalue weighted by atomic mass is 9.87. The van der Waals surface area contributed by atoms with Crippen molar-refractivity contribution < 1.29 is 14.3 Å². The molecule has 0 unspecified atom stereocenters. The van der Waals surface area contributed by atoms with Crippen molar-refractivity contribution in [1.29, 1.82) is 0 Å². The Morgan fingerprint density at radius 1 is 1.31 bits per heavy atom. The molecular formula is C19H20BrN3O3. The van der Waals surface area contributed by atoms with E-state index in [1.165, 1.54) is 0 Å². The van der Waals surface area contributed by atoms with E-state index in [1.54, 1.807) is 35.1 Å². The van der Waals surface area contributed by atoms with Gasteiger partial charge in [0.2, 0.25) is 0 Å². The number of phenols is 1. The maximum atomic E-state index is 12.5. The van der Waals surface area contributed by atoms with Crippen molar-refractivity contribution in [1.82, 2.24) is 9.78 Å². The summed E-state index contributed by atoms with van der Waals surface area (Å²) < 4.78 is 8.17. The molecule has 2 heterocycles. The average Bonchev–Trinajstić information content (AvgIpc) is 3.18. The van der Waals surface area contributed by atoms with Crippen LogP contribution in [0.15, 0.2) is 51.6 Å². The summed E-state index contributed by atoms with van der Waals surface area (Å²) >= 11 is 3.34. The molecule has 2 aromatic heterocycles. The number of aromatic nitrogens is 2. The average molecular weight is 418 g/mol. The highest BCUT2D eigenvalue weighted by atomic mass is 79.9. The minimum Gasteiger partial charge on any atom is -0.506 e. The molecule has 136 valence electrons. The fourth-order valence-corrected chi connectivity index (χ4v) is 2.78. The number of amides is 1. The lowest BCUT2D eigenvalue weighted by molar-refractivity contribution is 0.0994. The number of anilines is 1. The molecule has 3 rings (SSSR count). The minimum absolute atomic E-state index is 0.0134. The molecule has 0 spiro atoms. The van der Waals surface area contributed by atoms with E-state index < -0.39 is 5.91 Å². The zero-order valence-corrected chi connectivity index (χ0v) is 16.4. The van der Waals surface area contributed by atoms with Gasteiger partial charge in [0.1, 0.15) is 11.5 Å². The van der Waals surface area contributed by atoms with Crippen LogP contribution in [0.25, 0.3) is 0 Å². The first-order chi connectivity index (χ1) is 12.2. The summed E-state index contributed by atoms with van der Waals surface area (Å²) in [6.07, 6.45) is 3.50. The van der Waals surface area contributed by atoms with Gasteiger partial charge in [0, 0.05) is 6.20 Å². The van der Waals surface area contributed by atoms with Gasteiger partial charge in [0.15, 0.2) is 5.76 Å². The van der Waals surface area contributed by atoms with Gasteiger partial charge in [-0.15, -0.1) is 0 Å². The Kier molecular flexibility index (Phi) is 4.91. The Morgan fingerprint density at radius 2 is 2.08 bits per heavy atom. The lowest BCUT2D eigenvalue weighted by Crippen LogP contribution is -2.14. The van der Waals surface area contributed by atoms with Crippen molar-refractivity contribution in [3.63, 3.8) is 0 Å². The van der Waals surface area contributed by atoms with E-state index >= 15 is 0 Å². The van der Waals surface area contributed by atoms with Crippen LogP contribution in [0.3, 0.4) is 0 Å². The molecule has 2 N–H and O–H groups in total. The van der Waals surface area contributed by atoms with Gasteiger partial charge in [0.05, 0.1) is 22.9 Å². The lowest BCUT2D eigenvalue weighted by Gasteiger charge is -2.20. The van der Waals surface area contributed by atoms with Crippen LogP contribution in [0.1, 0.15) is 42.6 Å². The molecule has 6 nitrogen and oxygen atoms in total. The number of rotatable bonds is 4. The predicted octanol–water partition coefficient (Wildman–Crippen LogP) is 4.54. The Balaban J connectivity index is 1.74. The molecule has 1 amide bonds. The SMILES string of the molecule is CC(C)(C)c1ccc(O)c(NC(=O)c2ccc(Cn3cc(Br)cn3)o2)c1. The van der Waals surface area contributed by atoms with Crippen molar-refractivity contribution in [3.05, 3.63) is 64.3 Å². The molecule has 0 aliphatic rings. The summed E-state index contributed by atoms with van der Waals surface area (Å²) in [7, 11) is 0. The van der Waals surface area contributed by atoms with E-state index in [4.69, 9.17) is 4.42 Å². The number of nitrogens with one attached hydrogen (secondary N) is 1. The van der Waals surface area contributed by atoms with E-state index in [9.17, 15) is 9.90 Å². The van der Waals surface area contributed by atoms with Crippen molar-refractivity contribution in [3.8, 4) is 5.75 Å². The van der Waals surface area contributed by atoms with Gasteiger partial charge in [-0.05, 0) is 51.2 Å². The number of aromatic hydroxyl groups is 1. The third kappa shape index (κ3) is 4.16. The Bertz CT molecular complexity index is 938. The summed E-state index contributed by atoms with van der Waals surface area (Å²) in [5.41, 5.74) is 1.27. The summed E-state index contributed by atoms with van der Waals surface area (Å²) in [4.78, 5) is 12.5. The van der Waals surface area contributed by atoms with Crippen LogP contribution >= 0.6 is 15.9 Å². The highest BCUT2D eigenvalue weighted by Gasteiger charge is 2.18. The number of furan rings is 1. The summed E-state index contributed by atoms with van der Waals surface area (Å²) in [6.45, 7) is 6.62. The summed E-state index contributed by atoms with van der Waals surface area (Å²) in [5.74, 6) is 0.379. The first-order valence-electron chi connectivity index (χ1n) is 8.14. The Labute approximate surface area is 160 Å². The highest BCUT2D eigenvalue weighted by molar-refractivity contribution is 9.10. The van der Waals surface area contributed by atoms with Crippen molar-refractivity contribution >= 4 is 27.5 Å². The molecular weight excluding hydrogens is 398 g/mol. The number of benzene rings is 1. The molecule has 0 bridgehead atoms. The second-order valence-corrected chi connectivity index (χ2v) is 7.97. The van der Waals surface area contributed by atoms with Gasteiger partial charge in [-0.25, -0.2) is 0 Å². The van der Waals surface area contributed by atoms with E-state index in [0.29, 0.717) is 18.0 Å². The highest BCUT2D eigenvalue weighted by Crippen LogP contribution is 2.31. The molecule has 0 saturated heterocycles. The maximum absolute atomic E-state index is 12.5. The fourth-order valence-electron chi connectivity index (χ4n) is 2.46. The first-order valence-corrected chi connectivity index (χ1v) is 8.93. The zero-order chi connectivity index (χ0) is 18.9. The molecule has 7 heteroatoms. The third-order valence-corrected chi connectivity index (χ3v) is 4.33. The van der Waals surface area contributed by atoms with Gasteiger partial charge < -0.3 is 14.8 Å². The van der Waals surface area contributed by atoms with Gasteiger partial charge in [-0.1, -0.05) is 26.8 Å². The molecule has 0 radical (unpaired) electrons. The van der Waals surface area contributed by atoms with Crippen LogP contribution in [0.5, 0.6) is 5.75 Å². The van der Waals surface area contributed by atoms with Crippen LogP contribution in [0.4, 0.5) is 5.69 Å². The molecule has 0 aliphatic carbocycles. The van der Waals surface area contributed by atoms with Gasteiger partial charge >= 0.3 is 0 Å². The maximum Gasteiger partial charge on any atom is 0.291 e. The quantitative estimate of drug-likeness (QED) is 0.610. The smallest absolute Gasteiger partial charge is 0.291 e. The number of carbonyl (C=O) groups is 1. The van der Waals surface area contributed by atoms with E-state index in [1.807, 2.05) is 12.3 Å². The largest absolute Gasteiger partial charge is 0.506 e. The van der Waals surface area contributed by atoms with Gasteiger partial charge in [-0.3, -0.25) is 9.48 Å². The standard InChI is InChI=1S/C19H20BrN3O3/c1-19(2,3)12-4-6-16(24)15(8-12)22-18(25)17-7-5-14(26-17)11-23-10-13(20)9-21-23/h4-10,24H,11H2,1-3H3,(H,22,25). The van der Waals surface area contributed by atoms with E-state index in [2.05, 4.69) is 47.1 Å². The van der Waals surface area contributed by atoms with E-state index in [0.717, 1.165) is 10.0 Å². The van der Waals surface area contributed by atoms with Gasteiger partial charge in [-0.2, -0.15) is 5.10 Å². The molecule has 1 aromatic carbocycles. The summed E-state index contributed by atoms with van der Waals surface area (Å²) in [5, 5.41) is 16.9. The molecule has 0 saturated carbocycles. The van der Waals surface area contributed by atoms with E-state index in [-0.39, 0.29) is 16.9 Å². The topological polar surface area (TPSA) is 80.3 Å². The number of carbonyl (C=O) groups excluding carboxylic acids is 1. The van der Waals surface area contributed by atoms with Crippen molar-refractivity contribution in [2.24, 2.45) is 0 Å². The third-order valence-electron chi connectivity index (χ3n) is 3.92. The van der Waals surface area contributed by atoms with Crippen LogP contribution in [-0.4, -0.2) is 20.8 Å². The number of hydrogen-bond acceptors (Lipinski definition) is 4. The normalized spacial score (nSPS) is 11.5. The minimum atomic E-state index is -0.417. The Hall–Kier alpha value is -2.54. The number of hydrogen-bond donors (Lipinski definition) is 2. The molecule has 0 atom stereocenters. The molecule has 0 aliphatic heterocycles. The van der Waals surface area contributed by atoms with Crippen LogP contribution in [-0.2, 0) is 12.0 Å². The number of nitrogens with zero attached hydrogens (tertiary/aromatic N) is 2. The Morgan fingerprint density at radius 3 is 2.73 bits per heavy atom. The van der Waals surface area contributed by atoms with Crippen molar-refractivity contribution in [2.75, 3.05) is 5.32 Å². The fraction of sp³-hybridized carbons (Fsp3) is 0.263. The number of phenolic OH excluding ortho intramolecular Hbond substituents is 1.